The molecule has 33 heavy (non-hydrogen) atoms. The molecule has 1 fully saturated rings. The Bertz CT molecular complexity index is 1140. The fraction of sp³-hybridized carbons (Fsp3) is 0.500. The predicted octanol–water partition coefficient (Wildman–Crippen LogP) is 3.79. The van der Waals surface area contributed by atoms with Gasteiger partial charge in [-0.2, -0.15) is 0 Å². The first-order valence-corrected chi connectivity index (χ1v) is 12.2. The summed E-state index contributed by atoms with van der Waals surface area (Å²) in [5.41, 5.74) is 1.50. The highest BCUT2D eigenvalue weighted by molar-refractivity contribution is 7.21. The number of carbonyl (C=O) groups is 1. The average molecular weight is 490 g/mol. The Morgan fingerprint density at radius 2 is 1.97 bits per heavy atom. The Kier molecular flexibility index (Phi) is 8.62. The van der Waals surface area contributed by atoms with Crippen LogP contribution in [-0.2, 0) is 17.6 Å². The van der Waals surface area contributed by atoms with Crippen LogP contribution in [0.15, 0.2) is 35.1 Å². The van der Waals surface area contributed by atoms with Crippen LogP contribution in [0.1, 0.15) is 50.5 Å². The molecule has 0 amide bonds. The van der Waals surface area contributed by atoms with E-state index in [1.54, 1.807) is 4.57 Å². The van der Waals surface area contributed by atoms with E-state index in [1.165, 1.54) is 16.9 Å². The minimum absolute atomic E-state index is 0. The zero-order valence-corrected chi connectivity index (χ0v) is 21.0. The van der Waals surface area contributed by atoms with Gasteiger partial charge in [0.25, 0.3) is 5.56 Å². The Labute approximate surface area is 204 Å². The molecule has 0 saturated carbocycles. The van der Waals surface area contributed by atoms with Gasteiger partial charge in [-0.05, 0) is 45.7 Å². The van der Waals surface area contributed by atoms with Crippen molar-refractivity contribution < 1.29 is 4.79 Å². The van der Waals surface area contributed by atoms with E-state index in [0.717, 1.165) is 43.3 Å². The van der Waals surface area contributed by atoms with Crippen LogP contribution in [0.2, 0.25) is 0 Å². The summed E-state index contributed by atoms with van der Waals surface area (Å²) in [5.74, 6) is 1.02. The molecule has 1 aliphatic rings. The fourth-order valence-electron chi connectivity index (χ4n) is 4.40. The molecular formula is C24H32ClN5O2S. The van der Waals surface area contributed by atoms with Crippen molar-refractivity contribution in [2.45, 2.75) is 58.0 Å². The second kappa shape index (κ2) is 11.2. The lowest BCUT2D eigenvalue weighted by atomic mass is 10.0. The van der Waals surface area contributed by atoms with Crippen LogP contribution in [0.4, 0.5) is 5.13 Å². The number of aryl methyl sites for hydroxylation is 1. The maximum atomic E-state index is 13.2. The Balaban J connectivity index is 0.00000306. The number of hydrogen-bond donors (Lipinski definition) is 1. The van der Waals surface area contributed by atoms with Crippen molar-refractivity contribution in [3.05, 3.63) is 52.1 Å². The normalized spacial score (nSPS) is 15.9. The number of halogens is 1. The third-order valence-electron chi connectivity index (χ3n) is 6.02. The lowest BCUT2D eigenvalue weighted by Crippen LogP contribution is -2.36. The molecule has 0 spiro atoms. The number of aromatic nitrogens is 3. The molecule has 3 aromatic rings. The molecule has 1 N–H and O–H groups in total. The van der Waals surface area contributed by atoms with Gasteiger partial charge in [0.1, 0.15) is 5.82 Å². The third kappa shape index (κ3) is 5.45. The maximum absolute atomic E-state index is 13.2. The topological polar surface area (TPSA) is 80.1 Å². The van der Waals surface area contributed by atoms with Crippen molar-refractivity contribution in [1.82, 2.24) is 19.9 Å². The molecule has 3 heterocycles. The van der Waals surface area contributed by atoms with E-state index < -0.39 is 0 Å². The summed E-state index contributed by atoms with van der Waals surface area (Å²) in [7, 11) is 1.89. The van der Waals surface area contributed by atoms with Crippen molar-refractivity contribution >= 4 is 45.0 Å². The molecule has 0 bridgehead atoms. The zero-order valence-electron chi connectivity index (χ0n) is 19.4. The molecule has 9 heteroatoms. The summed E-state index contributed by atoms with van der Waals surface area (Å²) in [6, 6.07) is 9.96. The monoisotopic (exact) mass is 489 g/mol. The number of Topliss-reactive ketones (excluding diaryl/α,β-unsaturated/α-hetero) is 1. The Morgan fingerprint density at radius 3 is 2.67 bits per heavy atom. The number of thiazole rings is 1. The van der Waals surface area contributed by atoms with Crippen molar-refractivity contribution in [2.24, 2.45) is 0 Å². The van der Waals surface area contributed by atoms with E-state index in [1.807, 2.05) is 39.1 Å². The van der Waals surface area contributed by atoms with Crippen LogP contribution in [0.5, 0.6) is 0 Å². The van der Waals surface area contributed by atoms with E-state index in [0.29, 0.717) is 23.2 Å². The smallest absolute Gasteiger partial charge is 0.281 e. The summed E-state index contributed by atoms with van der Waals surface area (Å²) in [6.45, 7) is 5.52. The van der Waals surface area contributed by atoms with Gasteiger partial charge in [-0.3, -0.25) is 14.2 Å². The van der Waals surface area contributed by atoms with E-state index in [2.05, 4.69) is 22.3 Å². The molecule has 1 aliphatic heterocycles. The lowest BCUT2D eigenvalue weighted by molar-refractivity contribution is -0.120. The fourth-order valence-corrected chi connectivity index (χ4v) is 5.42. The molecule has 0 unspecified atom stereocenters. The molecule has 1 aromatic carbocycles. The summed E-state index contributed by atoms with van der Waals surface area (Å²) in [4.78, 5) is 38.5. The minimum atomic E-state index is -0.171. The summed E-state index contributed by atoms with van der Waals surface area (Å²) in [5, 5.41) is 3.87. The molecule has 1 atom stereocenters. The van der Waals surface area contributed by atoms with E-state index in [9.17, 15) is 9.59 Å². The number of nitrogens with one attached hydrogen (secondary N) is 1. The second-order valence-electron chi connectivity index (χ2n) is 8.60. The summed E-state index contributed by atoms with van der Waals surface area (Å²) < 4.78 is 1.75. The Morgan fingerprint density at radius 1 is 1.21 bits per heavy atom. The van der Waals surface area contributed by atoms with Crippen LogP contribution in [0, 0.1) is 0 Å². The van der Waals surface area contributed by atoms with Gasteiger partial charge in [-0.25, -0.2) is 9.97 Å². The van der Waals surface area contributed by atoms with Gasteiger partial charge in [-0.15, -0.1) is 12.4 Å². The highest BCUT2D eigenvalue weighted by Crippen LogP contribution is 2.32. The molecule has 0 radical (unpaired) electrons. The highest BCUT2D eigenvalue weighted by Gasteiger charge is 2.33. The van der Waals surface area contributed by atoms with Gasteiger partial charge < -0.3 is 10.2 Å². The van der Waals surface area contributed by atoms with E-state index in [4.69, 9.17) is 9.97 Å². The van der Waals surface area contributed by atoms with Crippen molar-refractivity contribution in [2.75, 3.05) is 25.0 Å². The van der Waals surface area contributed by atoms with E-state index >= 15 is 0 Å². The summed E-state index contributed by atoms with van der Waals surface area (Å²) >= 11 is 1.43. The van der Waals surface area contributed by atoms with E-state index in [-0.39, 0.29) is 35.8 Å². The van der Waals surface area contributed by atoms with Gasteiger partial charge in [0.15, 0.2) is 21.3 Å². The first-order chi connectivity index (χ1) is 15.5. The lowest BCUT2D eigenvalue weighted by Gasteiger charge is -2.22. The molecule has 4 rings (SSSR count). The van der Waals surface area contributed by atoms with Crippen LogP contribution in [0.3, 0.4) is 0 Å². The number of likely N-dealkylation sites (N-methyl/N-ethyl adjacent to an activating group) is 1. The quantitative estimate of drug-likeness (QED) is 0.492. The molecular weight excluding hydrogens is 458 g/mol. The number of ketones is 1. The minimum Gasteiger partial charge on any atom is -0.338 e. The molecule has 7 nitrogen and oxygen atoms in total. The standard InChI is InChI=1S/C24H31N5O2S.ClH/c1-16(2)29-20(13-14-25-3)26-22-21(23(29)31)27-24(32-22)28-15-7-10-18(28)19(30)12-11-17-8-5-4-6-9-17;/h4-6,8-9,16,18,25H,7,10-15H2,1-3H3;1H/t18-;/m1./s1. The maximum Gasteiger partial charge on any atom is 0.281 e. The van der Waals surface area contributed by atoms with Gasteiger partial charge in [0.2, 0.25) is 0 Å². The predicted molar refractivity (Wildman–Crippen MR) is 137 cm³/mol. The van der Waals surface area contributed by atoms with Crippen LogP contribution in [0.25, 0.3) is 10.3 Å². The van der Waals surface area contributed by atoms with Gasteiger partial charge >= 0.3 is 0 Å². The number of rotatable bonds is 9. The second-order valence-corrected chi connectivity index (χ2v) is 9.56. The number of anilines is 1. The first kappa shape index (κ1) is 25.3. The van der Waals surface area contributed by atoms with Gasteiger partial charge in [0, 0.05) is 32.0 Å². The molecule has 1 saturated heterocycles. The highest BCUT2D eigenvalue weighted by atomic mass is 35.5. The number of benzene rings is 1. The van der Waals surface area contributed by atoms with Crippen LogP contribution >= 0.6 is 23.7 Å². The van der Waals surface area contributed by atoms with Crippen LogP contribution in [-0.4, -0.2) is 46.5 Å². The molecule has 2 aromatic heterocycles. The number of nitrogens with zero attached hydrogens (tertiary/aromatic N) is 4. The third-order valence-corrected chi connectivity index (χ3v) is 7.00. The van der Waals surface area contributed by atoms with Crippen molar-refractivity contribution in [3.8, 4) is 0 Å². The summed E-state index contributed by atoms with van der Waals surface area (Å²) in [6.07, 6.45) is 3.73. The molecule has 0 aliphatic carbocycles. The molecule has 178 valence electrons. The number of hydrogen-bond acceptors (Lipinski definition) is 7. The largest absolute Gasteiger partial charge is 0.338 e. The van der Waals surface area contributed by atoms with Crippen LogP contribution < -0.4 is 15.8 Å². The van der Waals surface area contributed by atoms with Crippen molar-refractivity contribution in [1.29, 1.82) is 0 Å². The van der Waals surface area contributed by atoms with Crippen molar-refractivity contribution in [3.63, 3.8) is 0 Å². The zero-order chi connectivity index (χ0) is 22.7. The number of fused-ring (bicyclic) bond motifs is 1. The van der Waals surface area contributed by atoms with Gasteiger partial charge in [-0.1, -0.05) is 41.7 Å². The first-order valence-electron chi connectivity index (χ1n) is 11.4. The number of carbonyl (C=O) groups excluding carboxylic acids is 1. The Hall–Kier alpha value is -2.29. The average Bonchev–Trinajstić information content (AvgIpc) is 3.43. The SMILES string of the molecule is CNCCc1nc2sc(N3CCC[C@@H]3C(=O)CCc3ccccc3)nc2c(=O)n1C(C)C.Cl. The van der Waals surface area contributed by atoms with Gasteiger partial charge in [0.05, 0.1) is 6.04 Å².